The lowest BCUT2D eigenvalue weighted by Crippen LogP contribution is -2.07. The standard InChI is InChI=1S/C14H11BrINO/c15-10-3-6-12(13(17)8-10)14(18)7-9-1-4-11(16)5-2-9/h1-6,8H,7,17H2. The van der Waals surface area contributed by atoms with E-state index in [2.05, 4.69) is 38.5 Å². The number of ketones is 1. The maximum Gasteiger partial charge on any atom is 0.169 e. The fraction of sp³-hybridized carbons (Fsp3) is 0.0714. The van der Waals surface area contributed by atoms with Crippen LogP contribution in [-0.2, 0) is 6.42 Å². The Labute approximate surface area is 128 Å². The molecule has 2 aromatic carbocycles. The molecule has 0 aliphatic rings. The van der Waals surface area contributed by atoms with Crippen LogP contribution in [0.15, 0.2) is 46.9 Å². The molecule has 92 valence electrons. The third-order valence-electron chi connectivity index (χ3n) is 2.59. The van der Waals surface area contributed by atoms with Crippen molar-refractivity contribution in [2.75, 3.05) is 5.73 Å². The summed E-state index contributed by atoms with van der Waals surface area (Å²) < 4.78 is 2.04. The maximum absolute atomic E-state index is 12.1. The van der Waals surface area contributed by atoms with E-state index in [-0.39, 0.29) is 5.78 Å². The fourth-order valence-corrected chi connectivity index (χ4v) is 2.41. The number of nitrogen functional groups attached to an aromatic ring is 1. The van der Waals surface area contributed by atoms with Crippen LogP contribution in [0.5, 0.6) is 0 Å². The molecular weight excluding hydrogens is 405 g/mol. The number of Topliss-reactive ketones (excluding diaryl/α,β-unsaturated/α-hetero) is 1. The highest BCUT2D eigenvalue weighted by molar-refractivity contribution is 14.1. The van der Waals surface area contributed by atoms with E-state index in [0.717, 1.165) is 13.6 Å². The van der Waals surface area contributed by atoms with Gasteiger partial charge in [-0.15, -0.1) is 0 Å². The van der Waals surface area contributed by atoms with Crippen molar-refractivity contribution in [1.82, 2.24) is 0 Å². The van der Waals surface area contributed by atoms with Gasteiger partial charge in [0.25, 0.3) is 0 Å². The van der Waals surface area contributed by atoms with E-state index in [4.69, 9.17) is 5.73 Å². The zero-order valence-corrected chi connectivity index (χ0v) is 13.2. The van der Waals surface area contributed by atoms with Gasteiger partial charge in [0.15, 0.2) is 5.78 Å². The summed E-state index contributed by atoms with van der Waals surface area (Å²) in [5, 5.41) is 0. The second kappa shape index (κ2) is 5.84. The molecule has 2 aromatic rings. The van der Waals surface area contributed by atoms with Crippen LogP contribution in [-0.4, -0.2) is 5.78 Å². The van der Waals surface area contributed by atoms with Gasteiger partial charge in [-0.2, -0.15) is 0 Å². The Morgan fingerprint density at radius 3 is 2.44 bits per heavy atom. The molecule has 0 aromatic heterocycles. The average molecular weight is 416 g/mol. The number of carbonyl (C=O) groups excluding carboxylic acids is 1. The van der Waals surface area contributed by atoms with Gasteiger partial charge in [0.2, 0.25) is 0 Å². The minimum Gasteiger partial charge on any atom is -0.398 e. The van der Waals surface area contributed by atoms with Crippen LogP contribution in [0, 0.1) is 3.57 Å². The van der Waals surface area contributed by atoms with Gasteiger partial charge >= 0.3 is 0 Å². The number of anilines is 1. The zero-order chi connectivity index (χ0) is 13.1. The minimum absolute atomic E-state index is 0.0428. The third kappa shape index (κ3) is 3.32. The van der Waals surface area contributed by atoms with Crippen LogP contribution >= 0.6 is 38.5 Å². The number of rotatable bonds is 3. The van der Waals surface area contributed by atoms with Crippen LogP contribution < -0.4 is 5.73 Å². The van der Waals surface area contributed by atoms with Crippen LogP contribution in [0.25, 0.3) is 0 Å². The molecule has 2 rings (SSSR count). The van der Waals surface area contributed by atoms with Crippen molar-refractivity contribution in [2.45, 2.75) is 6.42 Å². The molecule has 0 saturated carbocycles. The molecule has 0 unspecified atom stereocenters. The van der Waals surface area contributed by atoms with E-state index in [1.807, 2.05) is 30.3 Å². The quantitative estimate of drug-likeness (QED) is 0.466. The summed E-state index contributed by atoms with van der Waals surface area (Å²) in [6.07, 6.45) is 0.378. The summed E-state index contributed by atoms with van der Waals surface area (Å²) in [4.78, 5) is 12.1. The van der Waals surface area contributed by atoms with Crippen LogP contribution in [0.1, 0.15) is 15.9 Å². The molecule has 0 aliphatic carbocycles. The molecule has 0 atom stereocenters. The largest absolute Gasteiger partial charge is 0.398 e. The highest BCUT2D eigenvalue weighted by atomic mass is 127. The van der Waals surface area contributed by atoms with Crippen molar-refractivity contribution in [3.05, 3.63) is 61.6 Å². The van der Waals surface area contributed by atoms with Gasteiger partial charge in [-0.25, -0.2) is 0 Å². The molecular formula is C14H11BrINO. The summed E-state index contributed by atoms with van der Waals surface area (Å²) in [6, 6.07) is 13.3. The van der Waals surface area contributed by atoms with E-state index in [1.54, 1.807) is 12.1 Å². The molecule has 0 amide bonds. The lowest BCUT2D eigenvalue weighted by molar-refractivity contribution is 0.0994. The van der Waals surface area contributed by atoms with Gasteiger partial charge in [-0.3, -0.25) is 4.79 Å². The van der Waals surface area contributed by atoms with Crippen molar-refractivity contribution in [2.24, 2.45) is 0 Å². The van der Waals surface area contributed by atoms with E-state index < -0.39 is 0 Å². The first kappa shape index (κ1) is 13.5. The Kier molecular flexibility index (Phi) is 4.40. The Morgan fingerprint density at radius 2 is 1.83 bits per heavy atom. The molecule has 0 bridgehead atoms. The zero-order valence-electron chi connectivity index (χ0n) is 9.49. The second-order valence-electron chi connectivity index (χ2n) is 3.96. The van der Waals surface area contributed by atoms with Crippen LogP contribution in [0.2, 0.25) is 0 Å². The van der Waals surface area contributed by atoms with E-state index >= 15 is 0 Å². The first-order valence-electron chi connectivity index (χ1n) is 5.39. The predicted octanol–water partition coefficient (Wildman–Crippen LogP) is 4.06. The summed E-state index contributed by atoms with van der Waals surface area (Å²) in [5.74, 6) is 0.0428. The highest BCUT2D eigenvalue weighted by Gasteiger charge is 2.10. The second-order valence-corrected chi connectivity index (χ2v) is 6.12. The summed E-state index contributed by atoms with van der Waals surface area (Å²) >= 11 is 5.57. The predicted molar refractivity (Wildman–Crippen MR) is 85.7 cm³/mol. The third-order valence-corrected chi connectivity index (χ3v) is 3.80. The first-order chi connectivity index (χ1) is 8.56. The van der Waals surface area contributed by atoms with Gasteiger partial charge in [-0.05, 0) is 58.5 Å². The molecule has 0 spiro atoms. The molecule has 2 nitrogen and oxygen atoms in total. The normalized spacial score (nSPS) is 10.3. The number of hydrogen-bond donors (Lipinski definition) is 1. The average Bonchev–Trinajstić information content (AvgIpc) is 2.32. The topological polar surface area (TPSA) is 43.1 Å². The SMILES string of the molecule is Nc1cc(Br)ccc1C(=O)Cc1ccc(I)cc1. The number of benzene rings is 2. The molecule has 0 radical (unpaired) electrons. The minimum atomic E-state index is 0.0428. The van der Waals surface area contributed by atoms with Crippen molar-refractivity contribution in [1.29, 1.82) is 0 Å². The Bertz CT molecular complexity index is 581. The van der Waals surface area contributed by atoms with Crippen LogP contribution in [0.4, 0.5) is 5.69 Å². The van der Waals surface area contributed by atoms with Crippen LogP contribution in [0.3, 0.4) is 0 Å². The number of halogens is 2. The monoisotopic (exact) mass is 415 g/mol. The smallest absolute Gasteiger partial charge is 0.169 e. The first-order valence-corrected chi connectivity index (χ1v) is 7.26. The Morgan fingerprint density at radius 1 is 1.17 bits per heavy atom. The van der Waals surface area contributed by atoms with Gasteiger partial charge < -0.3 is 5.73 Å². The van der Waals surface area contributed by atoms with Crippen molar-refractivity contribution in [3.63, 3.8) is 0 Å². The molecule has 2 N–H and O–H groups in total. The molecule has 4 heteroatoms. The number of nitrogens with two attached hydrogens (primary N) is 1. The number of hydrogen-bond acceptors (Lipinski definition) is 2. The van der Waals surface area contributed by atoms with E-state index in [9.17, 15) is 4.79 Å². The summed E-state index contributed by atoms with van der Waals surface area (Å²) in [6.45, 7) is 0. The van der Waals surface area contributed by atoms with Crippen molar-refractivity contribution in [3.8, 4) is 0 Å². The molecule has 0 aliphatic heterocycles. The highest BCUT2D eigenvalue weighted by Crippen LogP contribution is 2.20. The lowest BCUT2D eigenvalue weighted by Gasteiger charge is -2.05. The summed E-state index contributed by atoms with van der Waals surface area (Å²) in [7, 11) is 0. The maximum atomic E-state index is 12.1. The van der Waals surface area contributed by atoms with Crippen molar-refractivity contribution < 1.29 is 4.79 Å². The lowest BCUT2D eigenvalue weighted by atomic mass is 10.0. The fourth-order valence-electron chi connectivity index (χ4n) is 1.67. The van der Waals surface area contributed by atoms with Gasteiger partial charge in [0.05, 0.1) is 0 Å². The molecule has 0 fully saturated rings. The van der Waals surface area contributed by atoms with Gasteiger partial charge in [-0.1, -0.05) is 28.1 Å². The van der Waals surface area contributed by atoms with Crippen molar-refractivity contribution >= 4 is 50.0 Å². The Hall–Kier alpha value is -0.880. The van der Waals surface area contributed by atoms with E-state index in [1.165, 1.54) is 0 Å². The van der Waals surface area contributed by atoms with Gasteiger partial charge in [0.1, 0.15) is 0 Å². The number of carbonyl (C=O) groups is 1. The van der Waals surface area contributed by atoms with E-state index in [0.29, 0.717) is 17.7 Å². The Balaban J connectivity index is 2.19. The van der Waals surface area contributed by atoms with Gasteiger partial charge in [0, 0.05) is 25.7 Å². The molecule has 0 heterocycles. The molecule has 0 saturated heterocycles. The molecule has 18 heavy (non-hydrogen) atoms. The summed E-state index contributed by atoms with van der Waals surface area (Å²) in [5.41, 5.74) is 7.94.